The van der Waals surface area contributed by atoms with Crippen molar-refractivity contribution >= 4 is 17.9 Å². The van der Waals surface area contributed by atoms with Crippen molar-refractivity contribution in [2.45, 2.75) is 51.8 Å². The predicted molar refractivity (Wildman–Crippen MR) is 114 cm³/mol. The molecule has 0 unspecified atom stereocenters. The molecule has 0 radical (unpaired) electrons. The molecule has 1 aliphatic carbocycles. The number of aldehydes is 1. The van der Waals surface area contributed by atoms with Gasteiger partial charge in [0, 0.05) is 43.8 Å². The molecule has 2 rings (SSSR count). The summed E-state index contributed by atoms with van der Waals surface area (Å²) in [4.78, 5) is 25.3. The van der Waals surface area contributed by atoms with Crippen LogP contribution < -0.4 is 4.90 Å². The van der Waals surface area contributed by atoms with Crippen molar-refractivity contribution in [2.75, 3.05) is 38.5 Å². The smallest absolute Gasteiger partial charge is 0.416 e. The van der Waals surface area contributed by atoms with E-state index in [2.05, 4.69) is 0 Å². The highest BCUT2D eigenvalue weighted by Crippen LogP contribution is 2.36. The molecular formula is C23H32F3NO5. The minimum Gasteiger partial charge on any atom is -0.466 e. The number of carbonyl (C=O) groups excluding carboxylic acids is 2. The Bertz CT molecular complexity index is 756. The maximum absolute atomic E-state index is 13.0. The summed E-state index contributed by atoms with van der Waals surface area (Å²) in [5.41, 5.74) is -0.373. The second kappa shape index (κ2) is 12.2. The van der Waals surface area contributed by atoms with E-state index < -0.39 is 11.7 Å². The molecule has 6 nitrogen and oxygen atoms in total. The van der Waals surface area contributed by atoms with Crippen molar-refractivity contribution < 1.29 is 37.0 Å². The SMILES string of the molecule is CCOC(=O)C[C@H]1CC[C@H](CN(CC)c2ccc(C(F)(F)F)cc2C=O)[C@@H](OCOC)C1. The van der Waals surface area contributed by atoms with E-state index in [0.29, 0.717) is 44.5 Å². The van der Waals surface area contributed by atoms with Gasteiger partial charge in [-0.15, -0.1) is 0 Å². The molecular weight excluding hydrogens is 427 g/mol. The van der Waals surface area contributed by atoms with Crippen LogP contribution in [0.5, 0.6) is 0 Å². The van der Waals surface area contributed by atoms with Gasteiger partial charge in [-0.05, 0) is 57.2 Å². The van der Waals surface area contributed by atoms with Gasteiger partial charge in [0.05, 0.1) is 18.3 Å². The maximum atomic E-state index is 13.0. The van der Waals surface area contributed by atoms with Gasteiger partial charge in [0.1, 0.15) is 6.79 Å². The zero-order valence-corrected chi connectivity index (χ0v) is 18.8. The van der Waals surface area contributed by atoms with E-state index in [1.807, 2.05) is 11.8 Å². The molecule has 0 N–H and O–H groups in total. The first-order valence-corrected chi connectivity index (χ1v) is 10.9. The summed E-state index contributed by atoms with van der Waals surface area (Å²) >= 11 is 0. The monoisotopic (exact) mass is 459 g/mol. The van der Waals surface area contributed by atoms with Gasteiger partial charge in [-0.1, -0.05) is 0 Å². The molecule has 0 spiro atoms. The fourth-order valence-electron chi connectivity index (χ4n) is 4.28. The number of carbonyl (C=O) groups is 2. The molecule has 0 aliphatic heterocycles. The Morgan fingerprint density at radius 3 is 2.59 bits per heavy atom. The molecule has 0 heterocycles. The number of rotatable bonds is 11. The Kier molecular flexibility index (Phi) is 9.96. The summed E-state index contributed by atoms with van der Waals surface area (Å²) in [6, 6.07) is 3.24. The van der Waals surface area contributed by atoms with Crippen LogP contribution in [0.4, 0.5) is 18.9 Å². The van der Waals surface area contributed by atoms with Crippen LogP contribution in [0.3, 0.4) is 0 Å². The highest BCUT2D eigenvalue weighted by molar-refractivity contribution is 5.85. The van der Waals surface area contributed by atoms with Crippen molar-refractivity contribution in [3.05, 3.63) is 29.3 Å². The standard InChI is InChI=1S/C23H32F3NO5/c1-4-27(20-9-8-19(23(24,25)26)12-18(20)14-28)13-17-7-6-16(11-22(29)31-5-2)10-21(17)32-15-30-3/h8-9,12,14,16-17,21H,4-7,10-11,13,15H2,1-3H3/t16-,17+,21-/m0/s1. The normalized spacial score (nSPS) is 21.2. The topological polar surface area (TPSA) is 65.1 Å². The number of hydrogen-bond donors (Lipinski definition) is 0. The van der Waals surface area contributed by atoms with Crippen LogP contribution in [0.2, 0.25) is 0 Å². The predicted octanol–water partition coefficient (Wildman–Crippen LogP) is 4.70. The molecule has 180 valence electrons. The van der Waals surface area contributed by atoms with E-state index >= 15 is 0 Å². The summed E-state index contributed by atoms with van der Waals surface area (Å²) in [5.74, 6) is -0.0128. The van der Waals surface area contributed by atoms with Crippen LogP contribution in [-0.2, 0) is 25.2 Å². The summed E-state index contributed by atoms with van der Waals surface area (Å²) < 4.78 is 55.2. The molecule has 32 heavy (non-hydrogen) atoms. The third kappa shape index (κ3) is 7.20. The number of ether oxygens (including phenoxy) is 3. The number of nitrogens with zero attached hydrogens (tertiary/aromatic N) is 1. The first-order valence-electron chi connectivity index (χ1n) is 10.9. The number of alkyl halides is 3. The maximum Gasteiger partial charge on any atom is 0.416 e. The molecule has 9 heteroatoms. The summed E-state index contributed by atoms with van der Waals surface area (Å²) in [5, 5.41) is 0. The number of esters is 1. The first kappa shape index (κ1) is 26.1. The highest BCUT2D eigenvalue weighted by atomic mass is 19.4. The molecule has 1 saturated carbocycles. The molecule has 1 aromatic carbocycles. The van der Waals surface area contributed by atoms with Gasteiger partial charge in [-0.2, -0.15) is 13.2 Å². The molecule has 0 saturated heterocycles. The van der Waals surface area contributed by atoms with Gasteiger partial charge >= 0.3 is 12.1 Å². The molecule has 1 aromatic rings. The largest absolute Gasteiger partial charge is 0.466 e. The molecule has 3 atom stereocenters. The Morgan fingerprint density at radius 1 is 1.25 bits per heavy atom. The van der Waals surface area contributed by atoms with Crippen LogP contribution in [0.15, 0.2) is 18.2 Å². The van der Waals surface area contributed by atoms with E-state index in [-0.39, 0.29) is 36.3 Å². The zero-order chi connectivity index (χ0) is 23.7. The molecule has 1 fully saturated rings. The minimum atomic E-state index is -4.51. The van der Waals surface area contributed by atoms with Crippen molar-refractivity contribution in [1.29, 1.82) is 0 Å². The first-order chi connectivity index (χ1) is 15.2. The molecule has 0 bridgehead atoms. The fraction of sp³-hybridized carbons (Fsp3) is 0.652. The van der Waals surface area contributed by atoms with Crippen LogP contribution in [0.25, 0.3) is 0 Å². The lowest BCUT2D eigenvalue weighted by Crippen LogP contribution is -2.41. The number of anilines is 1. The Hall–Kier alpha value is -2.13. The summed E-state index contributed by atoms with van der Waals surface area (Å²) in [6.45, 7) is 5.15. The second-order valence-electron chi connectivity index (χ2n) is 7.99. The van der Waals surface area contributed by atoms with E-state index in [4.69, 9.17) is 14.2 Å². The molecule has 0 amide bonds. The van der Waals surface area contributed by atoms with E-state index in [1.54, 1.807) is 6.92 Å². The van der Waals surface area contributed by atoms with Gasteiger partial charge in [-0.25, -0.2) is 0 Å². The average molecular weight is 460 g/mol. The van der Waals surface area contributed by atoms with Crippen molar-refractivity contribution in [3.63, 3.8) is 0 Å². The second-order valence-corrected chi connectivity index (χ2v) is 7.99. The Balaban J connectivity index is 2.16. The molecule has 1 aliphatic rings. The summed E-state index contributed by atoms with van der Waals surface area (Å²) in [7, 11) is 1.53. The number of hydrogen-bond acceptors (Lipinski definition) is 6. The quantitative estimate of drug-likeness (QED) is 0.272. The number of halogens is 3. The molecule has 0 aromatic heterocycles. The van der Waals surface area contributed by atoms with Crippen LogP contribution in [0.1, 0.15) is 55.5 Å². The van der Waals surface area contributed by atoms with Crippen LogP contribution >= 0.6 is 0 Å². The third-order valence-electron chi connectivity index (χ3n) is 5.86. The summed E-state index contributed by atoms with van der Waals surface area (Å²) in [6.07, 6.45) is -1.62. The van der Waals surface area contributed by atoms with Crippen molar-refractivity contribution in [1.82, 2.24) is 0 Å². The fourth-order valence-corrected chi connectivity index (χ4v) is 4.28. The van der Waals surface area contributed by atoms with E-state index in [0.717, 1.165) is 25.0 Å². The number of benzene rings is 1. The van der Waals surface area contributed by atoms with Gasteiger partial charge in [0.2, 0.25) is 0 Å². The lowest BCUT2D eigenvalue weighted by molar-refractivity contribution is -0.146. The number of methoxy groups -OCH3 is 1. The lowest BCUT2D eigenvalue weighted by atomic mass is 9.78. The van der Waals surface area contributed by atoms with Gasteiger partial charge in [0.15, 0.2) is 6.29 Å². The minimum absolute atomic E-state index is 0.00651. The van der Waals surface area contributed by atoms with Crippen LogP contribution in [0, 0.1) is 11.8 Å². The van der Waals surface area contributed by atoms with Crippen molar-refractivity contribution in [3.8, 4) is 0 Å². The van der Waals surface area contributed by atoms with Gasteiger partial charge in [0.25, 0.3) is 0 Å². The highest BCUT2D eigenvalue weighted by Gasteiger charge is 2.35. The Morgan fingerprint density at radius 2 is 2.00 bits per heavy atom. The lowest BCUT2D eigenvalue weighted by Gasteiger charge is -2.39. The average Bonchev–Trinajstić information content (AvgIpc) is 2.76. The van der Waals surface area contributed by atoms with Crippen LogP contribution in [-0.4, -0.2) is 52.0 Å². The van der Waals surface area contributed by atoms with E-state index in [9.17, 15) is 22.8 Å². The zero-order valence-electron chi connectivity index (χ0n) is 18.8. The van der Waals surface area contributed by atoms with Gasteiger partial charge in [-0.3, -0.25) is 9.59 Å². The third-order valence-corrected chi connectivity index (χ3v) is 5.86. The van der Waals surface area contributed by atoms with Gasteiger partial charge < -0.3 is 19.1 Å². The van der Waals surface area contributed by atoms with Crippen molar-refractivity contribution in [2.24, 2.45) is 11.8 Å². The van der Waals surface area contributed by atoms with E-state index in [1.165, 1.54) is 13.2 Å². The Labute approximate surface area is 187 Å².